The molecule has 25 heavy (non-hydrogen) atoms. The van der Waals surface area contributed by atoms with Crippen LogP contribution in [-0.2, 0) is 20.2 Å². The van der Waals surface area contributed by atoms with Gasteiger partial charge in [-0.1, -0.05) is 37.8 Å². The molecule has 0 radical (unpaired) electrons. The van der Waals surface area contributed by atoms with Crippen molar-refractivity contribution in [3.63, 3.8) is 0 Å². The second kappa shape index (κ2) is 7.36. The zero-order valence-corrected chi connectivity index (χ0v) is 15.7. The van der Waals surface area contributed by atoms with Crippen molar-refractivity contribution in [1.82, 2.24) is 5.32 Å². The summed E-state index contributed by atoms with van der Waals surface area (Å²) in [5.41, 5.74) is 1.08. The van der Waals surface area contributed by atoms with Crippen molar-refractivity contribution in [3.8, 4) is 0 Å². The molecular formula is C19H28N2O3S. The Balaban J connectivity index is 1.66. The Morgan fingerprint density at radius 1 is 1.08 bits per heavy atom. The maximum atomic E-state index is 12.9. The van der Waals surface area contributed by atoms with E-state index in [4.69, 9.17) is 0 Å². The van der Waals surface area contributed by atoms with Gasteiger partial charge >= 0.3 is 0 Å². The Hall–Kier alpha value is -1.56. The van der Waals surface area contributed by atoms with E-state index in [9.17, 15) is 13.2 Å². The minimum atomic E-state index is -3.28. The number of benzene rings is 1. The molecule has 138 valence electrons. The molecule has 2 fully saturated rings. The van der Waals surface area contributed by atoms with Crippen LogP contribution in [0.3, 0.4) is 0 Å². The highest BCUT2D eigenvalue weighted by atomic mass is 32.2. The zero-order valence-electron chi connectivity index (χ0n) is 14.9. The van der Waals surface area contributed by atoms with Crippen molar-refractivity contribution in [2.75, 3.05) is 17.5 Å². The fraction of sp³-hybridized carbons (Fsp3) is 0.632. The first kappa shape index (κ1) is 18.2. The summed E-state index contributed by atoms with van der Waals surface area (Å²) >= 11 is 0. The van der Waals surface area contributed by atoms with Crippen molar-refractivity contribution < 1.29 is 13.2 Å². The van der Waals surface area contributed by atoms with Crippen molar-refractivity contribution in [1.29, 1.82) is 0 Å². The van der Waals surface area contributed by atoms with E-state index in [1.165, 1.54) is 32.1 Å². The summed E-state index contributed by atoms with van der Waals surface area (Å²) in [6.45, 7) is 0.786. The van der Waals surface area contributed by atoms with E-state index in [-0.39, 0.29) is 5.91 Å². The number of anilines is 1. The second-order valence-electron chi connectivity index (χ2n) is 7.60. The van der Waals surface area contributed by atoms with Gasteiger partial charge in [0.1, 0.15) is 0 Å². The van der Waals surface area contributed by atoms with E-state index in [0.29, 0.717) is 11.6 Å². The number of nitrogens with one attached hydrogen (secondary N) is 2. The highest BCUT2D eigenvalue weighted by Crippen LogP contribution is 2.44. The average Bonchev–Trinajstić information content (AvgIpc) is 2.53. The van der Waals surface area contributed by atoms with Crippen LogP contribution in [0.4, 0.5) is 5.69 Å². The van der Waals surface area contributed by atoms with Crippen LogP contribution in [0.5, 0.6) is 0 Å². The monoisotopic (exact) mass is 364 g/mol. The molecule has 0 saturated heterocycles. The normalized spacial score (nSPS) is 20.5. The van der Waals surface area contributed by atoms with Gasteiger partial charge in [-0.05, 0) is 49.3 Å². The molecule has 0 aromatic heterocycles. The molecule has 2 aliphatic rings. The standard InChI is InChI=1S/C19H28N2O3S/c1-25(23,24)21-17-10-8-16(9-11-17)19(12-5-13-19)18(22)20-14-15-6-3-2-4-7-15/h8-11,15,21H,2-7,12-14H2,1H3,(H,20,22). The molecule has 3 rings (SSSR count). The minimum absolute atomic E-state index is 0.133. The first-order chi connectivity index (χ1) is 11.9. The largest absolute Gasteiger partial charge is 0.355 e. The van der Waals surface area contributed by atoms with Gasteiger partial charge in [0.15, 0.2) is 0 Å². The van der Waals surface area contributed by atoms with Gasteiger partial charge in [0.05, 0.1) is 11.7 Å². The van der Waals surface area contributed by atoms with Crippen LogP contribution in [0.25, 0.3) is 0 Å². The summed E-state index contributed by atoms with van der Waals surface area (Å²) in [4.78, 5) is 12.9. The molecule has 0 unspecified atom stereocenters. The first-order valence-electron chi connectivity index (χ1n) is 9.26. The SMILES string of the molecule is CS(=O)(=O)Nc1ccc(C2(C(=O)NCC3CCCCC3)CCC2)cc1. The third kappa shape index (κ3) is 4.35. The zero-order chi connectivity index (χ0) is 17.9. The molecule has 2 saturated carbocycles. The first-order valence-corrected chi connectivity index (χ1v) is 11.1. The molecule has 0 atom stereocenters. The van der Waals surface area contributed by atoms with Crippen LogP contribution < -0.4 is 10.0 Å². The topological polar surface area (TPSA) is 75.3 Å². The lowest BCUT2D eigenvalue weighted by Gasteiger charge is -2.41. The second-order valence-corrected chi connectivity index (χ2v) is 9.35. The summed E-state index contributed by atoms with van der Waals surface area (Å²) in [5.74, 6) is 0.754. The number of carbonyl (C=O) groups is 1. The van der Waals surface area contributed by atoms with Gasteiger partial charge in [-0.15, -0.1) is 0 Å². The highest BCUT2D eigenvalue weighted by molar-refractivity contribution is 7.92. The van der Waals surface area contributed by atoms with Crippen LogP contribution in [-0.4, -0.2) is 27.1 Å². The lowest BCUT2D eigenvalue weighted by atomic mass is 9.63. The summed E-state index contributed by atoms with van der Waals surface area (Å²) in [6.07, 6.45) is 10.2. The fourth-order valence-corrected chi connectivity index (χ4v) is 4.61. The number of rotatable bonds is 6. The molecule has 5 nitrogen and oxygen atoms in total. The number of amides is 1. The van der Waals surface area contributed by atoms with E-state index in [1.54, 1.807) is 12.1 Å². The van der Waals surface area contributed by atoms with Crippen molar-refractivity contribution in [3.05, 3.63) is 29.8 Å². The molecule has 1 aromatic rings. The maximum absolute atomic E-state index is 12.9. The average molecular weight is 365 g/mol. The molecule has 1 aromatic carbocycles. The fourth-order valence-electron chi connectivity index (χ4n) is 4.05. The molecule has 2 N–H and O–H groups in total. The Labute approximate surface area is 150 Å². The number of hydrogen-bond acceptors (Lipinski definition) is 3. The Morgan fingerprint density at radius 3 is 2.24 bits per heavy atom. The molecule has 2 aliphatic carbocycles. The molecule has 0 bridgehead atoms. The maximum Gasteiger partial charge on any atom is 0.230 e. The smallest absolute Gasteiger partial charge is 0.230 e. The quantitative estimate of drug-likeness (QED) is 0.814. The molecule has 0 spiro atoms. The minimum Gasteiger partial charge on any atom is -0.355 e. The summed E-state index contributed by atoms with van der Waals surface area (Å²) < 4.78 is 25.1. The van der Waals surface area contributed by atoms with Gasteiger partial charge < -0.3 is 5.32 Å². The predicted molar refractivity (Wildman–Crippen MR) is 100 cm³/mol. The number of sulfonamides is 1. The van der Waals surface area contributed by atoms with Gasteiger partial charge in [-0.3, -0.25) is 9.52 Å². The van der Waals surface area contributed by atoms with E-state index in [0.717, 1.165) is 37.6 Å². The van der Waals surface area contributed by atoms with Gasteiger partial charge in [-0.2, -0.15) is 0 Å². The van der Waals surface area contributed by atoms with Gasteiger partial charge in [0.25, 0.3) is 0 Å². The molecule has 0 heterocycles. The highest BCUT2D eigenvalue weighted by Gasteiger charge is 2.45. The molecular weight excluding hydrogens is 336 g/mol. The van der Waals surface area contributed by atoms with Crippen LogP contribution in [0, 0.1) is 5.92 Å². The van der Waals surface area contributed by atoms with Gasteiger partial charge in [-0.25, -0.2) is 8.42 Å². The number of carbonyl (C=O) groups excluding carboxylic acids is 1. The summed E-state index contributed by atoms with van der Waals surface area (Å²) in [7, 11) is -3.28. The van der Waals surface area contributed by atoms with Crippen molar-refractivity contribution >= 4 is 21.6 Å². The lowest BCUT2D eigenvalue weighted by Crippen LogP contribution is -2.50. The van der Waals surface area contributed by atoms with E-state index in [1.807, 2.05) is 12.1 Å². The third-order valence-electron chi connectivity index (χ3n) is 5.66. The number of hydrogen-bond donors (Lipinski definition) is 2. The van der Waals surface area contributed by atoms with E-state index in [2.05, 4.69) is 10.0 Å². The molecule has 1 amide bonds. The van der Waals surface area contributed by atoms with Crippen LogP contribution in [0.1, 0.15) is 56.9 Å². The lowest BCUT2D eigenvalue weighted by molar-refractivity contribution is -0.130. The summed E-state index contributed by atoms with van der Waals surface area (Å²) in [6, 6.07) is 7.25. The third-order valence-corrected chi connectivity index (χ3v) is 6.27. The predicted octanol–water partition coefficient (Wildman–Crippen LogP) is 3.18. The summed E-state index contributed by atoms with van der Waals surface area (Å²) in [5, 5.41) is 3.20. The van der Waals surface area contributed by atoms with Crippen LogP contribution in [0.15, 0.2) is 24.3 Å². The van der Waals surface area contributed by atoms with Crippen LogP contribution >= 0.6 is 0 Å². The van der Waals surface area contributed by atoms with Crippen LogP contribution in [0.2, 0.25) is 0 Å². The van der Waals surface area contributed by atoms with Crippen molar-refractivity contribution in [2.24, 2.45) is 5.92 Å². The van der Waals surface area contributed by atoms with Gasteiger partial charge in [0.2, 0.25) is 15.9 Å². The van der Waals surface area contributed by atoms with Crippen molar-refractivity contribution in [2.45, 2.75) is 56.8 Å². The van der Waals surface area contributed by atoms with E-state index < -0.39 is 15.4 Å². The van der Waals surface area contributed by atoms with E-state index >= 15 is 0 Å². The van der Waals surface area contributed by atoms with Gasteiger partial charge in [0, 0.05) is 12.2 Å². The molecule has 6 heteroatoms. The Bertz CT molecular complexity index is 703. The Kier molecular flexibility index (Phi) is 5.37. The Morgan fingerprint density at radius 2 is 1.72 bits per heavy atom. The molecule has 0 aliphatic heterocycles.